The van der Waals surface area contributed by atoms with E-state index in [1.165, 1.54) is 23.9 Å². The Labute approximate surface area is 249 Å². The van der Waals surface area contributed by atoms with Gasteiger partial charge in [0.25, 0.3) is 11.8 Å². The molecule has 0 aromatic heterocycles. The zero-order chi connectivity index (χ0) is 29.1. The lowest BCUT2D eigenvalue weighted by atomic mass is 10.1. The molecule has 42 heavy (non-hydrogen) atoms. The van der Waals surface area contributed by atoms with Gasteiger partial charge in [0.1, 0.15) is 11.6 Å². The number of rotatable bonds is 6. The monoisotopic (exact) mass is 579 g/mol. The predicted molar refractivity (Wildman–Crippen MR) is 165 cm³/mol. The number of fused-ring (bicyclic) bond motifs is 1. The van der Waals surface area contributed by atoms with Crippen molar-refractivity contribution in [2.75, 3.05) is 43.1 Å². The quantitative estimate of drug-likeness (QED) is 0.245. The number of thioether (sulfide) groups is 1. The van der Waals surface area contributed by atoms with Crippen LogP contribution in [0, 0.1) is 5.82 Å². The molecule has 0 spiro atoms. The lowest BCUT2D eigenvalue weighted by molar-refractivity contribution is -0.114. The van der Waals surface area contributed by atoms with E-state index < -0.39 is 0 Å². The molecule has 0 saturated carbocycles. The first-order valence-corrected chi connectivity index (χ1v) is 14.6. The zero-order valence-electron chi connectivity index (χ0n) is 23.2. The van der Waals surface area contributed by atoms with Crippen LogP contribution in [0.2, 0.25) is 0 Å². The lowest BCUT2D eigenvalue weighted by Gasteiger charge is -2.36. The number of amides is 2. The van der Waals surface area contributed by atoms with Gasteiger partial charge in [-0.25, -0.2) is 4.39 Å². The van der Waals surface area contributed by atoms with Crippen LogP contribution in [0.25, 0.3) is 6.08 Å². The molecule has 8 heteroatoms. The molecule has 4 aromatic rings. The van der Waals surface area contributed by atoms with E-state index in [0.29, 0.717) is 29.2 Å². The van der Waals surface area contributed by atoms with E-state index in [-0.39, 0.29) is 24.2 Å². The van der Waals surface area contributed by atoms with Crippen LogP contribution in [-0.2, 0) is 11.3 Å². The van der Waals surface area contributed by atoms with Crippen LogP contribution in [0.3, 0.4) is 0 Å². The first-order valence-electron chi connectivity index (χ1n) is 13.8. The third kappa shape index (κ3) is 5.90. The number of hydrogen-bond acceptors (Lipinski definition) is 5. The highest BCUT2D eigenvalue weighted by molar-refractivity contribution is 8.04. The van der Waals surface area contributed by atoms with Crippen LogP contribution in [-0.4, -0.2) is 50.0 Å². The molecule has 0 aliphatic carbocycles. The Hall–Kier alpha value is -4.56. The number of methoxy groups -OCH3 is 1. The molecule has 2 heterocycles. The minimum Gasteiger partial charge on any atom is -0.497 e. The minimum absolute atomic E-state index is 0.0583. The van der Waals surface area contributed by atoms with Crippen molar-refractivity contribution in [2.45, 2.75) is 11.4 Å². The Morgan fingerprint density at radius 2 is 1.62 bits per heavy atom. The number of carbonyl (C=O) groups is 2. The molecule has 2 aliphatic heterocycles. The topological polar surface area (TPSA) is 53.1 Å². The molecule has 6 rings (SSSR count). The summed E-state index contributed by atoms with van der Waals surface area (Å²) in [6.45, 7) is 2.90. The maximum absolute atomic E-state index is 13.8. The number of piperazine rings is 1. The van der Waals surface area contributed by atoms with E-state index >= 15 is 0 Å². The van der Waals surface area contributed by atoms with Gasteiger partial charge in [-0.1, -0.05) is 54.2 Å². The summed E-state index contributed by atoms with van der Waals surface area (Å²) in [6, 6.07) is 29.4. The zero-order valence-corrected chi connectivity index (χ0v) is 24.0. The second-order valence-electron chi connectivity index (χ2n) is 10.2. The SMILES string of the molecule is COc1ccc(N2CCN(C(=O)c3ccc4c(c3)N(Cc3ccc(F)cc3)C(=O)/C(=C/c3ccccc3)S4)CC2)cc1. The lowest BCUT2D eigenvalue weighted by Crippen LogP contribution is -2.48. The molecule has 0 atom stereocenters. The molecule has 4 aromatic carbocycles. The number of ether oxygens (including phenoxy) is 1. The van der Waals surface area contributed by atoms with Crippen molar-refractivity contribution in [1.82, 2.24) is 4.90 Å². The fraction of sp³-hybridized carbons (Fsp3) is 0.176. The number of halogens is 1. The Bertz CT molecular complexity index is 1620. The Balaban J connectivity index is 1.24. The highest BCUT2D eigenvalue weighted by atomic mass is 32.2. The average molecular weight is 580 g/mol. The summed E-state index contributed by atoms with van der Waals surface area (Å²) in [7, 11) is 1.65. The first kappa shape index (κ1) is 27.6. The van der Waals surface area contributed by atoms with Crippen LogP contribution in [0.5, 0.6) is 5.75 Å². The Morgan fingerprint density at radius 1 is 0.905 bits per heavy atom. The van der Waals surface area contributed by atoms with Crippen molar-refractivity contribution in [1.29, 1.82) is 0 Å². The fourth-order valence-corrected chi connectivity index (χ4v) is 6.26. The Kier molecular flexibility index (Phi) is 7.97. The van der Waals surface area contributed by atoms with Crippen LogP contribution >= 0.6 is 11.8 Å². The van der Waals surface area contributed by atoms with E-state index in [9.17, 15) is 14.0 Å². The summed E-state index contributed by atoms with van der Waals surface area (Å²) in [6.07, 6.45) is 1.88. The van der Waals surface area contributed by atoms with Crippen molar-refractivity contribution in [3.05, 3.63) is 124 Å². The molecule has 0 bridgehead atoms. The van der Waals surface area contributed by atoms with Crippen LogP contribution in [0.1, 0.15) is 21.5 Å². The highest BCUT2D eigenvalue weighted by Crippen LogP contribution is 2.43. The number of anilines is 2. The molecular weight excluding hydrogens is 549 g/mol. The van der Waals surface area contributed by atoms with E-state index in [0.717, 1.165) is 40.5 Å². The number of hydrogen-bond donors (Lipinski definition) is 0. The van der Waals surface area contributed by atoms with Crippen molar-refractivity contribution in [3.8, 4) is 5.75 Å². The van der Waals surface area contributed by atoms with Gasteiger partial charge in [0.05, 0.1) is 24.2 Å². The van der Waals surface area contributed by atoms with E-state index in [1.807, 2.05) is 83.8 Å². The molecule has 212 valence electrons. The van der Waals surface area contributed by atoms with Crippen LogP contribution in [0.15, 0.2) is 107 Å². The molecule has 2 aliphatic rings. The summed E-state index contributed by atoms with van der Waals surface area (Å²) < 4.78 is 18.9. The van der Waals surface area contributed by atoms with Crippen LogP contribution < -0.4 is 14.5 Å². The third-order valence-electron chi connectivity index (χ3n) is 7.53. The molecule has 1 fully saturated rings. The molecule has 0 radical (unpaired) electrons. The fourth-order valence-electron chi connectivity index (χ4n) is 5.22. The second-order valence-corrected chi connectivity index (χ2v) is 11.3. The van der Waals surface area contributed by atoms with Crippen molar-refractivity contribution >= 4 is 41.0 Å². The standard InChI is InChI=1S/C34H30FN3O3S/c1-41-29-14-12-28(13-15-29)36-17-19-37(20-18-36)33(39)26-9-16-31-30(22-26)38(23-25-7-10-27(35)11-8-25)34(40)32(42-31)21-24-5-3-2-4-6-24/h2-16,21-22H,17-20,23H2,1H3/b32-21-. The van der Waals surface area contributed by atoms with Crippen LogP contribution in [0.4, 0.5) is 15.8 Å². The molecular formula is C34H30FN3O3S. The maximum atomic E-state index is 13.8. The molecule has 0 N–H and O–H groups in total. The predicted octanol–water partition coefficient (Wildman–Crippen LogP) is 6.48. The van der Waals surface area contributed by atoms with Gasteiger partial charge in [-0.15, -0.1) is 0 Å². The molecule has 0 unspecified atom stereocenters. The summed E-state index contributed by atoms with van der Waals surface area (Å²) in [5.74, 6) is 0.271. The van der Waals surface area contributed by atoms with Crippen molar-refractivity contribution in [3.63, 3.8) is 0 Å². The third-order valence-corrected chi connectivity index (χ3v) is 8.61. The van der Waals surface area contributed by atoms with Gasteiger partial charge < -0.3 is 19.4 Å². The number of carbonyl (C=O) groups excluding carboxylic acids is 2. The minimum atomic E-state index is -0.329. The van der Waals surface area contributed by atoms with Crippen molar-refractivity contribution < 1.29 is 18.7 Å². The van der Waals surface area contributed by atoms with E-state index in [2.05, 4.69) is 4.90 Å². The van der Waals surface area contributed by atoms with Gasteiger partial charge in [-0.2, -0.15) is 0 Å². The van der Waals surface area contributed by atoms with E-state index in [1.54, 1.807) is 24.1 Å². The maximum Gasteiger partial charge on any atom is 0.265 e. The summed E-state index contributed by atoms with van der Waals surface area (Å²) in [5.41, 5.74) is 4.05. The normalized spacial score (nSPS) is 16.0. The molecule has 6 nitrogen and oxygen atoms in total. The summed E-state index contributed by atoms with van der Waals surface area (Å²) >= 11 is 1.40. The van der Waals surface area contributed by atoms with E-state index in [4.69, 9.17) is 4.74 Å². The van der Waals surface area contributed by atoms with Gasteiger partial charge >= 0.3 is 0 Å². The van der Waals surface area contributed by atoms with Gasteiger partial charge in [-0.05, 0) is 71.8 Å². The average Bonchev–Trinajstić information content (AvgIpc) is 3.04. The van der Waals surface area contributed by atoms with Gasteiger partial charge in [0.2, 0.25) is 0 Å². The van der Waals surface area contributed by atoms with Gasteiger partial charge in [0.15, 0.2) is 0 Å². The largest absolute Gasteiger partial charge is 0.497 e. The Morgan fingerprint density at radius 3 is 2.31 bits per heavy atom. The smallest absolute Gasteiger partial charge is 0.265 e. The molecule has 2 amide bonds. The molecule has 1 saturated heterocycles. The van der Waals surface area contributed by atoms with Crippen molar-refractivity contribution in [2.24, 2.45) is 0 Å². The number of nitrogens with zero attached hydrogens (tertiary/aromatic N) is 3. The highest BCUT2D eigenvalue weighted by Gasteiger charge is 2.31. The van der Waals surface area contributed by atoms with Gasteiger partial charge in [0, 0.05) is 42.3 Å². The first-order chi connectivity index (χ1) is 20.5. The second kappa shape index (κ2) is 12.1. The number of benzene rings is 4. The summed E-state index contributed by atoms with van der Waals surface area (Å²) in [4.78, 5) is 34.7. The summed E-state index contributed by atoms with van der Waals surface area (Å²) in [5, 5.41) is 0. The van der Waals surface area contributed by atoms with Gasteiger partial charge in [-0.3, -0.25) is 9.59 Å².